The van der Waals surface area contributed by atoms with Gasteiger partial charge in [-0.2, -0.15) is 0 Å². The van der Waals surface area contributed by atoms with Gasteiger partial charge >= 0.3 is 0 Å². The van der Waals surface area contributed by atoms with Crippen molar-refractivity contribution < 1.29 is 9.59 Å². The predicted octanol–water partition coefficient (Wildman–Crippen LogP) is 0.0662. The number of hydrogen-bond donors (Lipinski definition) is 2. The van der Waals surface area contributed by atoms with Gasteiger partial charge in [0.15, 0.2) is 0 Å². The van der Waals surface area contributed by atoms with Gasteiger partial charge in [-0.25, -0.2) is 4.98 Å². The van der Waals surface area contributed by atoms with Crippen molar-refractivity contribution in [3.8, 4) is 0 Å². The van der Waals surface area contributed by atoms with E-state index in [0.29, 0.717) is 38.8 Å². The summed E-state index contributed by atoms with van der Waals surface area (Å²) in [4.78, 5) is 31.7. The first-order chi connectivity index (χ1) is 8.66. The van der Waals surface area contributed by atoms with E-state index in [-0.39, 0.29) is 17.7 Å². The molecule has 1 fully saturated rings. The lowest BCUT2D eigenvalue weighted by atomic mass is 9.96. The molecule has 0 atom stereocenters. The Morgan fingerprint density at radius 1 is 1.44 bits per heavy atom. The summed E-state index contributed by atoms with van der Waals surface area (Å²) in [5.41, 5.74) is 6.23. The zero-order chi connectivity index (χ0) is 13.0. The van der Waals surface area contributed by atoms with Crippen molar-refractivity contribution in [3.63, 3.8) is 0 Å². The minimum atomic E-state index is -0.250. The van der Waals surface area contributed by atoms with Crippen LogP contribution >= 0.6 is 0 Å². The van der Waals surface area contributed by atoms with Crippen LogP contribution in [0.2, 0.25) is 0 Å². The average Bonchev–Trinajstić information content (AvgIpc) is 2.89. The van der Waals surface area contributed by atoms with Crippen molar-refractivity contribution in [3.05, 3.63) is 18.2 Å². The third-order valence-electron chi connectivity index (χ3n) is 3.41. The van der Waals surface area contributed by atoms with E-state index in [9.17, 15) is 9.59 Å². The van der Waals surface area contributed by atoms with Crippen LogP contribution in [0.1, 0.15) is 25.0 Å². The van der Waals surface area contributed by atoms with Crippen LogP contribution in [0.25, 0.3) is 0 Å². The zero-order valence-electron chi connectivity index (χ0n) is 10.3. The van der Waals surface area contributed by atoms with E-state index >= 15 is 0 Å². The number of imidazole rings is 1. The molecule has 98 valence electrons. The second-order valence-electron chi connectivity index (χ2n) is 4.63. The maximum atomic E-state index is 11.9. The Morgan fingerprint density at radius 3 is 2.72 bits per heavy atom. The number of nitrogens with one attached hydrogen (secondary N) is 1. The van der Waals surface area contributed by atoms with Crippen molar-refractivity contribution in [2.45, 2.75) is 25.7 Å². The van der Waals surface area contributed by atoms with Gasteiger partial charge < -0.3 is 15.6 Å². The van der Waals surface area contributed by atoms with Crippen LogP contribution in [0.4, 0.5) is 0 Å². The number of primary amides is 1. The number of aryl methyl sites for hydroxylation is 1. The topological polar surface area (TPSA) is 92.1 Å². The monoisotopic (exact) mass is 250 g/mol. The van der Waals surface area contributed by atoms with Crippen LogP contribution in [0.15, 0.2) is 12.5 Å². The number of nitrogens with zero attached hydrogens (tertiary/aromatic N) is 2. The second kappa shape index (κ2) is 5.66. The fraction of sp³-hybridized carbons (Fsp3) is 0.583. The van der Waals surface area contributed by atoms with Crippen molar-refractivity contribution in [1.29, 1.82) is 0 Å². The summed E-state index contributed by atoms with van der Waals surface area (Å²) in [6.45, 7) is 1.27. The number of carbonyl (C=O) groups excluding carboxylic acids is 2. The lowest BCUT2D eigenvalue weighted by Crippen LogP contribution is -2.41. The van der Waals surface area contributed by atoms with Gasteiger partial charge in [0.25, 0.3) is 0 Å². The molecule has 0 unspecified atom stereocenters. The summed E-state index contributed by atoms with van der Waals surface area (Å²) in [6, 6.07) is 0. The first-order valence-corrected chi connectivity index (χ1v) is 6.21. The normalized spacial score (nSPS) is 16.8. The number of hydrogen-bond acceptors (Lipinski definition) is 3. The van der Waals surface area contributed by atoms with Gasteiger partial charge in [-0.05, 0) is 19.3 Å². The third kappa shape index (κ3) is 3.09. The van der Waals surface area contributed by atoms with E-state index < -0.39 is 0 Å². The Morgan fingerprint density at radius 2 is 2.17 bits per heavy atom. The van der Waals surface area contributed by atoms with E-state index in [1.54, 1.807) is 12.5 Å². The van der Waals surface area contributed by atoms with E-state index in [0.717, 1.165) is 5.69 Å². The molecule has 1 aromatic heterocycles. The SMILES string of the molecule is NC(=O)C1CCN(C(=O)CCc2cnc[nH]2)CC1. The van der Waals surface area contributed by atoms with Gasteiger partial charge in [-0.15, -0.1) is 0 Å². The van der Waals surface area contributed by atoms with E-state index in [4.69, 9.17) is 5.73 Å². The quantitative estimate of drug-likeness (QED) is 0.791. The molecule has 3 N–H and O–H groups in total. The van der Waals surface area contributed by atoms with E-state index in [1.165, 1.54) is 0 Å². The number of piperidine rings is 1. The first kappa shape index (κ1) is 12.6. The van der Waals surface area contributed by atoms with Gasteiger partial charge in [-0.1, -0.05) is 0 Å². The minimum Gasteiger partial charge on any atom is -0.369 e. The summed E-state index contributed by atoms with van der Waals surface area (Å²) in [5, 5.41) is 0. The summed E-state index contributed by atoms with van der Waals surface area (Å²) >= 11 is 0. The molecule has 0 spiro atoms. The maximum Gasteiger partial charge on any atom is 0.222 e. The van der Waals surface area contributed by atoms with E-state index in [2.05, 4.69) is 9.97 Å². The maximum absolute atomic E-state index is 11.9. The first-order valence-electron chi connectivity index (χ1n) is 6.21. The summed E-state index contributed by atoms with van der Waals surface area (Å²) in [7, 11) is 0. The van der Waals surface area contributed by atoms with Crippen LogP contribution < -0.4 is 5.73 Å². The number of rotatable bonds is 4. The van der Waals surface area contributed by atoms with Crippen molar-refractivity contribution in [2.75, 3.05) is 13.1 Å². The molecule has 0 saturated carbocycles. The highest BCUT2D eigenvalue weighted by Crippen LogP contribution is 2.17. The molecule has 1 aliphatic rings. The molecule has 1 aliphatic heterocycles. The predicted molar refractivity (Wildman–Crippen MR) is 65.4 cm³/mol. The smallest absolute Gasteiger partial charge is 0.222 e. The van der Waals surface area contributed by atoms with Gasteiger partial charge in [0.05, 0.1) is 6.33 Å². The summed E-state index contributed by atoms with van der Waals surface area (Å²) in [6.07, 6.45) is 5.86. The Balaban J connectivity index is 1.75. The minimum absolute atomic E-state index is 0.0679. The molecule has 2 amide bonds. The van der Waals surface area contributed by atoms with Gasteiger partial charge in [0.2, 0.25) is 11.8 Å². The number of amides is 2. The molecule has 0 radical (unpaired) electrons. The highest BCUT2D eigenvalue weighted by Gasteiger charge is 2.25. The second-order valence-corrected chi connectivity index (χ2v) is 4.63. The molecule has 1 aromatic rings. The molecule has 18 heavy (non-hydrogen) atoms. The molecule has 1 saturated heterocycles. The van der Waals surface area contributed by atoms with Crippen LogP contribution in [-0.2, 0) is 16.0 Å². The third-order valence-corrected chi connectivity index (χ3v) is 3.41. The van der Waals surface area contributed by atoms with Crippen LogP contribution in [0.3, 0.4) is 0 Å². The highest BCUT2D eigenvalue weighted by molar-refractivity contribution is 5.78. The summed E-state index contributed by atoms with van der Waals surface area (Å²) < 4.78 is 0. The Kier molecular flexibility index (Phi) is 3.96. The van der Waals surface area contributed by atoms with Crippen molar-refractivity contribution in [1.82, 2.24) is 14.9 Å². The number of nitrogens with two attached hydrogens (primary N) is 1. The highest BCUT2D eigenvalue weighted by atomic mass is 16.2. The molecule has 2 rings (SSSR count). The van der Waals surface area contributed by atoms with E-state index in [1.807, 2.05) is 4.90 Å². The number of aromatic nitrogens is 2. The Hall–Kier alpha value is -1.85. The molecule has 2 heterocycles. The zero-order valence-corrected chi connectivity index (χ0v) is 10.3. The van der Waals surface area contributed by atoms with Crippen molar-refractivity contribution in [2.24, 2.45) is 11.7 Å². The number of H-pyrrole nitrogens is 1. The Bertz CT molecular complexity index is 408. The van der Waals surface area contributed by atoms with Crippen molar-refractivity contribution >= 4 is 11.8 Å². The largest absolute Gasteiger partial charge is 0.369 e. The number of carbonyl (C=O) groups is 2. The average molecular weight is 250 g/mol. The molecule has 6 heteroatoms. The van der Waals surface area contributed by atoms with Gasteiger partial charge in [0, 0.05) is 37.3 Å². The standard InChI is InChI=1S/C12H18N4O2/c13-12(18)9-3-5-16(6-4-9)11(17)2-1-10-7-14-8-15-10/h7-9H,1-6H2,(H2,13,18)(H,14,15). The fourth-order valence-corrected chi connectivity index (χ4v) is 2.23. The molecule has 0 aliphatic carbocycles. The van der Waals surface area contributed by atoms with Crippen LogP contribution in [0.5, 0.6) is 0 Å². The summed E-state index contributed by atoms with van der Waals surface area (Å²) in [5.74, 6) is -0.186. The molecular formula is C12H18N4O2. The number of aromatic amines is 1. The lowest BCUT2D eigenvalue weighted by Gasteiger charge is -2.30. The molecule has 0 bridgehead atoms. The fourth-order valence-electron chi connectivity index (χ4n) is 2.23. The Labute approximate surface area is 106 Å². The number of likely N-dealkylation sites (tertiary alicyclic amines) is 1. The van der Waals surface area contributed by atoms with Crippen LogP contribution in [-0.4, -0.2) is 39.8 Å². The molecule has 0 aromatic carbocycles. The molecular weight excluding hydrogens is 232 g/mol. The molecule has 6 nitrogen and oxygen atoms in total. The van der Waals surface area contributed by atoms with Gasteiger partial charge in [-0.3, -0.25) is 9.59 Å². The lowest BCUT2D eigenvalue weighted by molar-refractivity contribution is -0.134. The van der Waals surface area contributed by atoms with Crippen LogP contribution in [0, 0.1) is 5.92 Å². The van der Waals surface area contributed by atoms with Gasteiger partial charge in [0.1, 0.15) is 0 Å².